The van der Waals surface area contributed by atoms with Gasteiger partial charge in [-0.2, -0.15) is 5.26 Å². The van der Waals surface area contributed by atoms with Crippen LogP contribution in [0.2, 0.25) is 0 Å². The molecular weight excluding hydrogens is 317 g/mol. The van der Waals surface area contributed by atoms with Crippen LogP contribution in [0.15, 0.2) is 22.7 Å². The highest BCUT2D eigenvalue weighted by Crippen LogP contribution is 2.17. The molecule has 0 aliphatic rings. The smallest absolute Gasteiger partial charge is 0.0669 e. The summed E-state index contributed by atoms with van der Waals surface area (Å²) in [5.41, 5.74) is 1.06. The predicted octanol–water partition coefficient (Wildman–Crippen LogP) is 3.12. The lowest BCUT2D eigenvalue weighted by Crippen LogP contribution is -1.82. The van der Waals surface area contributed by atoms with Crippen molar-refractivity contribution < 1.29 is 0 Å². The van der Waals surface area contributed by atoms with Crippen LogP contribution in [0.5, 0.6) is 0 Å². The van der Waals surface area contributed by atoms with E-state index in [0.717, 1.165) is 13.6 Å². The van der Waals surface area contributed by atoms with Crippen LogP contribution in [0.3, 0.4) is 0 Å². The van der Waals surface area contributed by atoms with Crippen molar-refractivity contribution in [1.29, 1.82) is 5.26 Å². The minimum absolute atomic E-state index is 0.482. The summed E-state index contributed by atoms with van der Waals surface area (Å²) in [6, 6.07) is 8.10. The van der Waals surface area contributed by atoms with Crippen molar-refractivity contribution in [3.05, 3.63) is 31.8 Å². The van der Waals surface area contributed by atoms with E-state index < -0.39 is 0 Å². The molecule has 0 fully saturated rings. The van der Waals surface area contributed by atoms with Gasteiger partial charge in [0, 0.05) is 8.04 Å². The Bertz CT molecular complexity index is 283. The van der Waals surface area contributed by atoms with Crippen LogP contribution in [0.4, 0.5) is 0 Å². The van der Waals surface area contributed by atoms with Crippen molar-refractivity contribution in [2.45, 2.75) is 6.42 Å². The van der Waals surface area contributed by atoms with Gasteiger partial charge in [-0.05, 0) is 46.4 Å². The number of hydrogen-bond acceptors (Lipinski definition) is 1. The van der Waals surface area contributed by atoms with Gasteiger partial charge in [-0.3, -0.25) is 0 Å². The summed E-state index contributed by atoms with van der Waals surface area (Å²) < 4.78 is 2.19. The van der Waals surface area contributed by atoms with Crippen LogP contribution in [-0.2, 0) is 6.42 Å². The summed E-state index contributed by atoms with van der Waals surface area (Å²) in [6.45, 7) is 0. The topological polar surface area (TPSA) is 23.8 Å². The Labute approximate surface area is 87.7 Å². The van der Waals surface area contributed by atoms with Crippen molar-refractivity contribution in [2.24, 2.45) is 0 Å². The molecule has 1 aromatic carbocycles. The summed E-state index contributed by atoms with van der Waals surface area (Å²) in [4.78, 5) is 0. The van der Waals surface area contributed by atoms with Crippen LogP contribution in [0, 0.1) is 14.9 Å². The molecule has 0 radical (unpaired) electrons. The van der Waals surface area contributed by atoms with Crippen molar-refractivity contribution in [2.75, 3.05) is 0 Å². The Morgan fingerprint density at radius 2 is 2.18 bits per heavy atom. The normalized spacial score (nSPS) is 9.18. The highest BCUT2D eigenvalue weighted by atomic mass is 127. The molecule has 0 aliphatic carbocycles. The summed E-state index contributed by atoms with van der Waals surface area (Å²) in [6.07, 6.45) is 0.482. The van der Waals surface area contributed by atoms with Gasteiger partial charge >= 0.3 is 0 Å². The molecule has 0 atom stereocenters. The number of hydrogen-bond donors (Lipinski definition) is 0. The molecule has 1 aromatic rings. The van der Waals surface area contributed by atoms with Gasteiger partial charge in [0.25, 0.3) is 0 Å². The van der Waals surface area contributed by atoms with E-state index in [1.165, 1.54) is 0 Å². The molecule has 0 unspecified atom stereocenters. The molecule has 0 saturated heterocycles. The standard InChI is InChI=1S/C8H5BrIN/c9-7-3-6(1-2-11)4-8(10)5-7/h3-5H,1H2. The average molecular weight is 322 g/mol. The number of nitriles is 1. The first kappa shape index (κ1) is 9.01. The molecule has 1 nitrogen and oxygen atoms in total. The van der Waals surface area contributed by atoms with Gasteiger partial charge in [-0.15, -0.1) is 0 Å². The van der Waals surface area contributed by atoms with E-state index in [1.54, 1.807) is 0 Å². The maximum atomic E-state index is 8.43. The second-order valence-electron chi connectivity index (χ2n) is 2.11. The zero-order chi connectivity index (χ0) is 8.27. The molecule has 0 heterocycles. The Hall–Kier alpha value is -0.0800. The Morgan fingerprint density at radius 1 is 1.45 bits per heavy atom. The van der Waals surface area contributed by atoms with E-state index >= 15 is 0 Å². The highest BCUT2D eigenvalue weighted by Gasteiger charge is 1.95. The monoisotopic (exact) mass is 321 g/mol. The second-order valence-corrected chi connectivity index (χ2v) is 4.27. The summed E-state index contributed by atoms with van der Waals surface area (Å²) in [5.74, 6) is 0. The lowest BCUT2D eigenvalue weighted by atomic mass is 10.2. The van der Waals surface area contributed by atoms with Gasteiger partial charge in [0.15, 0.2) is 0 Å². The van der Waals surface area contributed by atoms with Gasteiger partial charge < -0.3 is 0 Å². The third-order valence-electron chi connectivity index (χ3n) is 1.21. The maximum Gasteiger partial charge on any atom is 0.0669 e. The molecule has 0 aliphatic heterocycles. The van der Waals surface area contributed by atoms with Crippen LogP contribution < -0.4 is 0 Å². The molecule has 0 saturated carbocycles. The fourth-order valence-electron chi connectivity index (χ4n) is 0.804. The minimum Gasteiger partial charge on any atom is -0.198 e. The zero-order valence-corrected chi connectivity index (χ0v) is 9.39. The Balaban J connectivity index is 3.01. The zero-order valence-electron chi connectivity index (χ0n) is 5.64. The summed E-state index contributed by atoms with van der Waals surface area (Å²) in [5, 5.41) is 8.43. The fourth-order valence-corrected chi connectivity index (χ4v) is 2.51. The van der Waals surface area contributed by atoms with Crippen LogP contribution in [0.25, 0.3) is 0 Å². The SMILES string of the molecule is N#CCc1cc(Br)cc(I)c1. The van der Waals surface area contributed by atoms with E-state index in [9.17, 15) is 0 Å². The number of halogens is 2. The molecule has 0 bridgehead atoms. The molecule has 0 spiro atoms. The maximum absolute atomic E-state index is 8.43. The van der Waals surface area contributed by atoms with Gasteiger partial charge in [0.05, 0.1) is 12.5 Å². The van der Waals surface area contributed by atoms with Gasteiger partial charge in [0.2, 0.25) is 0 Å². The van der Waals surface area contributed by atoms with Crippen molar-refractivity contribution in [1.82, 2.24) is 0 Å². The molecule has 0 aromatic heterocycles. The predicted molar refractivity (Wildman–Crippen MR) is 56.2 cm³/mol. The van der Waals surface area contributed by atoms with E-state index in [2.05, 4.69) is 44.6 Å². The first-order chi connectivity index (χ1) is 5.22. The largest absolute Gasteiger partial charge is 0.198 e. The lowest BCUT2D eigenvalue weighted by molar-refractivity contribution is 1.25. The summed E-state index contributed by atoms with van der Waals surface area (Å²) >= 11 is 5.60. The van der Waals surface area contributed by atoms with Crippen LogP contribution in [0.1, 0.15) is 5.56 Å². The first-order valence-electron chi connectivity index (χ1n) is 3.04. The number of rotatable bonds is 1. The molecule has 3 heteroatoms. The van der Waals surface area contributed by atoms with Gasteiger partial charge in [-0.25, -0.2) is 0 Å². The Morgan fingerprint density at radius 3 is 2.73 bits per heavy atom. The fraction of sp³-hybridized carbons (Fsp3) is 0.125. The van der Waals surface area contributed by atoms with Crippen LogP contribution >= 0.6 is 38.5 Å². The molecule has 1 rings (SSSR count). The lowest BCUT2D eigenvalue weighted by Gasteiger charge is -1.96. The Kier molecular flexibility index (Phi) is 3.34. The molecule has 0 N–H and O–H groups in total. The molecular formula is C8H5BrIN. The first-order valence-corrected chi connectivity index (χ1v) is 4.91. The van der Waals surface area contributed by atoms with E-state index in [1.807, 2.05) is 18.2 Å². The summed E-state index contributed by atoms with van der Waals surface area (Å²) in [7, 11) is 0. The van der Waals surface area contributed by atoms with Crippen molar-refractivity contribution in [3.63, 3.8) is 0 Å². The van der Waals surface area contributed by atoms with Gasteiger partial charge in [-0.1, -0.05) is 15.9 Å². The molecule has 11 heavy (non-hydrogen) atoms. The van der Waals surface area contributed by atoms with E-state index in [-0.39, 0.29) is 0 Å². The number of benzene rings is 1. The van der Waals surface area contributed by atoms with Gasteiger partial charge in [0.1, 0.15) is 0 Å². The third kappa shape index (κ3) is 2.80. The number of nitrogens with zero attached hydrogens (tertiary/aromatic N) is 1. The van der Waals surface area contributed by atoms with Crippen molar-refractivity contribution >= 4 is 38.5 Å². The minimum atomic E-state index is 0.482. The average Bonchev–Trinajstić information content (AvgIpc) is 1.85. The van der Waals surface area contributed by atoms with E-state index in [0.29, 0.717) is 6.42 Å². The third-order valence-corrected chi connectivity index (χ3v) is 2.29. The van der Waals surface area contributed by atoms with Crippen LogP contribution in [-0.4, -0.2) is 0 Å². The molecule has 56 valence electrons. The molecule has 0 amide bonds. The quantitative estimate of drug-likeness (QED) is 0.729. The highest BCUT2D eigenvalue weighted by molar-refractivity contribution is 14.1. The van der Waals surface area contributed by atoms with Crippen molar-refractivity contribution in [3.8, 4) is 6.07 Å². The van der Waals surface area contributed by atoms with E-state index in [4.69, 9.17) is 5.26 Å². The second kappa shape index (κ2) is 4.07.